The van der Waals surface area contributed by atoms with Gasteiger partial charge in [-0.1, -0.05) is 23.5 Å². The fraction of sp³-hybridized carbons (Fsp3) is 0.120. The zero-order valence-electron chi connectivity index (χ0n) is 17.9. The normalized spacial score (nSPS) is 17.6. The van der Waals surface area contributed by atoms with Crippen molar-refractivity contribution in [2.75, 3.05) is 12.0 Å². The summed E-state index contributed by atoms with van der Waals surface area (Å²) in [5.41, 5.74) is 2.81. The van der Waals surface area contributed by atoms with Crippen LogP contribution in [0.1, 0.15) is 22.7 Å². The van der Waals surface area contributed by atoms with E-state index in [4.69, 9.17) is 4.74 Å². The standard InChI is InChI=1S/C25H19N3O4S/c1-14-5-10-18-19(12-14)33-25(27-18)28-21(16-4-3-11-26-13-16)20(23(30)24(28)31)22(29)15-6-8-17(32-2)9-7-15/h3-13,21,29H,1-2H3. The van der Waals surface area contributed by atoms with Gasteiger partial charge >= 0.3 is 5.91 Å². The third-order valence-electron chi connectivity index (χ3n) is 5.55. The van der Waals surface area contributed by atoms with E-state index in [2.05, 4.69) is 9.97 Å². The number of nitrogens with zero attached hydrogens (tertiary/aromatic N) is 3. The monoisotopic (exact) mass is 457 g/mol. The number of aromatic nitrogens is 2. The molecule has 5 rings (SSSR count). The second-order valence-corrected chi connectivity index (χ2v) is 8.66. The molecule has 1 aliphatic heterocycles. The van der Waals surface area contributed by atoms with Crippen molar-refractivity contribution in [2.45, 2.75) is 13.0 Å². The number of methoxy groups -OCH3 is 1. The van der Waals surface area contributed by atoms with Crippen molar-refractivity contribution in [3.63, 3.8) is 0 Å². The highest BCUT2D eigenvalue weighted by Crippen LogP contribution is 2.44. The summed E-state index contributed by atoms with van der Waals surface area (Å²) in [6, 6.07) is 15.1. The van der Waals surface area contributed by atoms with Crippen LogP contribution in [-0.4, -0.2) is 33.9 Å². The average Bonchev–Trinajstić information content (AvgIpc) is 3.37. The number of carbonyl (C=O) groups excluding carboxylic acids is 2. The van der Waals surface area contributed by atoms with Crippen molar-refractivity contribution in [3.05, 3.63) is 89.3 Å². The fourth-order valence-electron chi connectivity index (χ4n) is 3.91. The van der Waals surface area contributed by atoms with Crippen molar-refractivity contribution in [1.82, 2.24) is 9.97 Å². The lowest BCUT2D eigenvalue weighted by atomic mass is 9.96. The number of hydrogen-bond acceptors (Lipinski definition) is 7. The zero-order valence-corrected chi connectivity index (χ0v) is 18.7. The van der Waals surface area contributed by atoms with Gasteiger partial charge in [-0.05, 0) is 60.5 Å². The molecule has 1 atom stereocenters. The number of aliphatic hydroxyl groups is 1. The summed E-state index contributed by atoms with van der Waals surface area (Å²) in [4.78, 5) is 36.6. The number of ketones is 1. The number of Topliss-reactive ketones (excluding diaryl/α,β-unsaturated/α-hetero) is 1. The summed E-state index contributed by atoms with van der Waals surface area (Å²) in [6.45, 7) is 1.98. The van der Waals surface area contributed by atoms with Crippen molar-refractivity contribution in [3.8, 4) is 5.75 Å². The van der Waals surface area contributed by atoms with E-state index in [1.165, 1.54) is 16.2 Å². The minimum absolute atomic E-state index is 0.00592. The van der Waals surface area contributed by atoms with Gasteiger partial charge in [-0.15, -0.1) is 0 Å². The summed E-state index contributed by atoms with van der Waals surface area (Å²) >= 11 is 1.33. The van der Waals surface area contributed by atoms with Crippen LogP contribution < -0.4 is 9.64 Å². The average molecular weight is 458 g/mol. The molecule has 3 heterocycles. The quantitative estimate of drug-likeness (QED) is 0.273. The Morgan fingerprint density at radius 1 is 1.12 bits per heavy atom. The number of ether oxygens (including phenoxy) is 1. The first-order chi connectivity index (χ1) is 16.0. The Kier molecular flexibility index (Phi) is 5.14. The van der Waals surface area contributed by atoms with Crippen LogP contribution in [0.2, 0.25) is 0 Å². The molecular weight excluding hydrogens is 438 g/mol. The van der Waals surface area contributed by atoms with Crippen LogP contribution in [0.5, 0.6) is 5.75 Å². The Morgan fingerprint density at radius 3 is 2.61 bits per heavy atom. The maximum absolute atomic E-state index is 13.2. The fourth-order valence-corrected chi connectivity index (χ4v) is 5.00. The van der Waals surface area contributed by atoms with Crippen LogP contribution in [-0.2, 0) is 9.59 Å². The lowest BCUT2D eigenvalue weighted by molar-refractivity contribution is -0.132. The number of rotatable bonds is 4. The minimum atomic E-state index is -0.859. The topological polar surface area (TPSA) is 92.6 Å². The van der Waals surface area contributed by atoms with Crippen LogP contribution >= 0.6 is 11.3 Å². The second-order valence-electron chi connectivity index (χ2n) is 7.65. The molecule has 1 saturated heterocycles. The maximum Gasteiger partial charge on any atom is 0.301 e. The van der Waals surface area contributed by atoms with Crippen LogP contribution in [0.4, 0.5) is 5.13 Å². The van der Waals surface area contributed by atoms with Gasteiger partial charge in [-0.3, -0.25) is 19.5 Å². The Hall–Kier alpha value is -4.04. The van der Waals surface area contributed by atoms with E-state index < -0.39 is 17.7 Å². The summed E-state index contributed by atoms with van der Waals surface area (Å²) in [5.74, 6) is -1.16. The molecule has 4 aromatic rings. The van der Waals surface area contributed by atoms with Gasteiger partial charge in [0.25, 0.3) is 5.78 Å². The molecule has 2 aromatic heterocycles. The van der Waals surface area contributed by atoms with E-state index in [-0.39, 0.29) is 11.3 Å². The Labute approximate surface area is 193 Å². The van der Waals surface area contributed by atoms with E-state index in [9.17, 15) is 14.7 Å². The van der Waals surface area contributed by atoms with Crippen molar-refractivity contribution in [1.29, 1.82) is 0 Å². The van der Waals surface area contributed by atoms with Crippen LogP contribution in [0.25, 0.3) is 16.0 Å². The van der Waals surface area contributed by atoms with Gasteiger partial charge in [-0.25, -0.2) is 4.98 Å². The minimum Gasteiger partial charge on any atom is -0.507 e. The molecule has 0 saturated carbocycles. The van der Waals surface area contributed by atoms with Crippen molar-refractivity contribution >= 4 is 44.1 Å². The number of amides is 1. The second kappa shape index (κ2) is 8.14. The molecule has 1 amide bonds. The number of thiazole rings is 1. The maximum atomic E-state index is 13.2. The summed E-state index contributed by atoms with van der Waals surface area (Å²) in [6.07, 6.45) is 3.20. The first-order valence-corrected chi connectivity index (χ1v) is 11.0. The van der Waals surface area contributed by atoms with Gasteiger partial charge in [0.15, 0.2) is 5.13 Å². The molecule has 0 aliphatic carbocycles. The molecule has 0 spiro atoms. The third kappa shape index (κ3) is 3.54. The Balaban J connectivity index is 1.70. The highest BCUT2D eigenvalue weighted by atomic mass is 32.1. The number of anilines is 1. The van der Waals surface area contributed by atoms with E-state index in [0.29, 0.717) is 22.0 Å². The first-order valence-electron chi connectivity index (χ1n) is 10.2. The number of pyridine rings is 1. The number of aryl methyl sites for hydroxylation is 1. The number of fused-ring (bicyclic) bond motifs is 1. The molecule has 7 nitrogen and oxygen atoms in total. The molecule has 1 N–H and O–H groups in total. The van der Waals surface area contributed by atoms with E-state index >= 15 is 0 Å². The number of benzene rings is 2. The van der Waals surface area contributed by atoms with Crippen LogP contribution in [0.15, 0.2) is 72.6 Å². The molecule has 1 fully saturated rings. The summed E-state index contributed by atoms with van der Waals surface area (Å²) < 4.78 is 6.08. The van der Waals surface area contributed by atoms with E-state index in [1.54, 1.807) is 55.9 Å². The summed E-state index contributed by atoms with van der Waals surface area (Å²) in [7, 11) is 1.54. The largest absolute Gasteiger partial charge is 0.507 e. The van der Waals surface area contributed by atoms with Gasteiger partial charge in [-0.2, -0.15) is 0 Å². The molecular formula is C25H19N3O4S. The van der Waals surface area contributed by atoms with E-state index in [1.807, 2.05) is 25.1 Å². The zero-order chi connectivity index (χ0) is 23.1. The van der Waals surface area contributed by atoms with Gasteiger partial charge in [0.05, 0.1) is 28.9 Å². The molecule has 2 aromatic carbocycles. The Morgan fingerprint density at radius 2 is 1.91 bits per heavy atom. The number of aliphatic hydroxyl groups excluding tert-OH is 1. The molecule has 1 aliphatic rings. The number of carbonyl (C=O) groups is 2. The highest BCUT2D eigenvalue weighted by Gasteiger charge is 2.48. The molecule has 8 heteroatoms. The SMILES string of the molecule is COc1ccc(C(O)=C2C(=O)C(=O)N(c3nc4ccc(C)cc4s3)C2c2cccnc2)cc1. The lowest BCUT2D eigenvalue weighted by Crippen LogP contribution is -2.29. The van der Waals surface area contributed by atoms with Gasteiger partial charge in [0, 0.05) is 18.0 Å². The van der Waals surface area contributed by atoms with Gasteiger partial charge in [0.1, 0.15) is 11.5 Å². The van der Waals surface area contributed by atoms with Gasteiger partial charge in [0.2, 0.25) is 0 Å². The summed E-state index contributed by atoms with van der Waals surface area (Å²) in [5, 5.41) is 11.5. The molecule has 1 unspecified atom stereocenters. The third-order valence-corrected chi connectivity index (χ3v) is 6.56. The molecule has 0 radical (unpaired) electrons. The van der Waals surface area contributed by atoms with Crippen molar-refractivity contribution < 1.29 is 19.4 Å². The lowest BCUT2D eigenvalue weighted by Gasteiger charge is -2.22. The predicted molar refractivity (Wildman–Crippen MR) is 126 cm³/mol. The highest BCUT2D eigenvalue weighted by molar-refractivity contribution is 7.22. The van der Waals surface area contributed by atoms with Crippen molar-refractivity contribution in [2.24, 2.45) is 0 Å². The van der Waals surface area contributed by atoms with Gasteiger partial charge < -0.3 is 9.84 Å². The predicted octanol–water partition coefficient (Wildman–Crippen LogP) is 4.63. The number of hydrogen-bond donors (Lipinski definition) is 1. The smallest absolute Gasteiger partial charge is 0.301 e. The molecule has 33 heavy (non-hydrogen) atoms. The van der Waals surface area contributed by atoms with Crippen LogP contribution in [0.3, 0.4) is 0 Å². The van der Waals surface area contributed by atoms with Crippen LogP contribution in [0, 0.1) is 6.92 Å². The Bertz CT molecular complexity index is 1410. The first kappa shape index (κ1) is 20.8. The molecule has 0 bridgehead atoms. The molecule has 164 valence electrons. The van der Waals surface area contributed by atoms with E-state index in [0.717, 1.165) is 15.8 Å².